The molecule has 0 unspecified atom stereocenters. The zero-order chi connectivity index (χ0) is 19.3. The maximum absolute atomic E-state index is 12.6. The molecule has 1 N–H and O–H groups in total. The van der Waals surface area contributed by atoms with Gasteiger partial charge in [-0.3, -0.25) is 4.79 Å². The molecule has 3 heteroatoms. The van der Waals surface area contributed by atoms with E-state index in [0.717, 1.165) is 38.8 Å². The number of nitrogens with one attached hydrogen (secondary N) is 1. The lowest BCUT2D eigenvalue weighted by atomic mass is 9.99. The van der Waals surface area contributed by atoms with Crippen LogP contribution in [0.3, 0.4) is 0 Å². The molecule has 144 valence electrons. The van der Waals surface area contributed by atoms with E-state index in [0.29, 0.717) is 6.42 Å². The van der Waals surface area contributed by atoms with Gasteiger partial charge in [-0.25, -0.2) is 0 Å². The number of nitrogens with zero attached hydrogens (tertiary/aromatic N) is 1. The highest BCUT2D eigenvalue weighted by Gasteiger charge is 2.17. The van der Waals surface area contributed by atoms with Crippen molar-refractivity contribution < 1.29 is 4.79 Å². The van der Waals surface area contributed by atoms with Crippen molar-refractivity contribution in [3.8, 4) is 0 Å². The number of hydrogen-bond donors (Lipinski definition) is 1. The number of carbonyl (C=O) groups excluding carboxylic acids is 1. The minimum absolute atomic E-state index is 0.275. The van der Waals surface area contributed by atoms with Crippen LogP contribution in [0.15, 0.2) is 60.8 Å². The predicted molar refractivity (Wildman–Crippen MR) is 116 cm³/mol. The minimum atomic E-state index is 0.275. The van der Waals surface area contributed by atoms with Gasteiger partial charge in [-0.15, -0.1) is 0 Å². The van der Waals surface area contributed by atoms with E-state index < -0.39 is 0 Å². The molecule has 0 spiro atoms. The lowest BCUT2D eigenvalue weighted by Gasteiger charge is -2.26. The highest BCUT2D eigenvalue weighted by atomic mass is 16.2. The first kappa shape index (κ1) is 18.5. The fraction of sp³-hybridized carbons (Fsp3) is 0.320. The molecule has 0 saturated heterocycles. The Labute approximate surface area is 167 Å². The van der Waals surface area contributed by atoms with E-state index in [2.05, 4.69) is 66.6 Å². The van der Waals surface area contributed by atoms with Crippen molar-refractivity contribution >= 4 is 22.4 Å². The molecule has 0 bridgehead atoms. The topological polar surface area (TPSA) is 36.1 Å². The third-order valence-corrected chi connectivity index (χ3v) is 5.78. The van der Waals surface area contributed by atoms with E-state index in [1.54, 1.807) is 0 Å². The normalized spacial score (nSPS) is 14.3. The van der Waals surface area contributed by atoms with Crippen LogP contribution in [0, 0.1) is 0 Å². The summed E-state index contributed by atoms with van der Waals surface area (Å²) in [6.45, 7) is 3.74. The lowest BCUT2D eigenvalue weighted by Crippen LogP contribution is -2.34. The number of aromatic nitrogens is 1. The number of amides is 1. The Morgan fingerprint density at radius 3 is 2.75 bits per heavy atom. The van der Waals surface area contributed by atoms with Crippen LogP contribution in [0.4, 0.5) is 0 Å². The first-order valence-electron chi connectivity index (χ1n) is 10.4. The van der Waals surface area contributed by atoms with Gasteiger partial charge >= 0.3 is 0 Å². The van der Waals surface area contributed by atoms with E-state index in [4.69, 9.17) is 0 Å². The van der Waals surface area contributed by atoms with Crippen molar-refractivity contribution in [2.45, 2.75) is 39.0 Å². The average molecular weight is 373 g/mol. The molecule has 1 aliphatic rings. The second kappa shape index (κ2) is 8.47. The number of aromatic amines is 1. The number of H-pyrrole nitrogens is 1. The molecule has 0 radical (unpaired) electrons. The van der Waals surface area contributed by atoms with Crippen molar-refractivity contribution in [3.05, 3.63) is 77.5 Å². The maximum atomic E-state index is 12.6. The van der Waals surface area contributed by atoms with Gasteiger partial charge in [-0.05, 0) is 60.1 Å². The van der Waals surface area contributed by atoms with Crippen LogP contribution in [0.5, 0.6) is 0 Å². The Kier molecular flexibility index (Phi) is 5.61. The number of benzene rings is 2. The fourth-order valence-corrected chi connectivity index (χ4v) is 4.05. The summed E-state index contributed by atoms with van der Waals surface area (Å²) < 4.78 is 0. The zero-order valence-corrected chi connectivity index (χ0v) is 16.6. The molecule has 0 saturated carbocycles. The molecule has 3 nitrogen and oxygen atoms in total. The molecule has 28 heavy (non-hydrogen) atoms. The first-order chi connectivity index (χ1) is 13.7. The van der Waals surface area contributed by atoms with Gasteiger partial charge in [0, 0.05) is 36.6 Å². The highest BCUT2D eigenvalue weighted by Crippen LogP contribution is 2.24. The van der Waals surface area contributed by atoms with Crippen molar-refractivity contribution in [3.63, 3.8) is 0 Å². The SMILES string of the molecule is CCc1ccc2[nH]cc(CCCC(=O)N3CC=C(c4ccccc4)CC3)c2c1. The number of fused-ring (bicyclic) bond motifs is 1. The molecule has 0 atom stereocenters. The molecule has 1 amide bonds. The zero-order valence-electron chi connectivity index (χ0n) is 16.6. The standard InChI is InChI=1S/C25H28N2O/c1-2-19-11-12-24-23(17-19)22(18-26-24)9-6-10-25(28)27-15-13-21(14-16-27)20-7-4-3-5-8-20/h3-5,7-8,11-13,17-18,26H,2,6,9-10,14-16H2,1H3. The van der Waals surface area contributed by atoms with Crippen LogP contribution in [0.2, 0.25) is 0 Å². The third kappa shape index (κ3) is 4.04. The number of hydrogen-bond acceptors (Lipinski definition) is 1. The van der Waals surface area contributed by atoms with Gasteiger partial charge in [0.2, 0.25) is 5.91 Å². The molecular formula is C25H28N2O. The van der Waals surface area contributed by atoms with E-state index in [1.165, 1.54) is 33.2 Å². The second-order valence-electron chi connectivity index (χ2n) is 7.59. The smallest absolute Gasteiger partial charge is 0.222 e. The van der Waals surface area contributed by atoms with E-state index in [-0.39, 0.29) is 5.91 Å². The third-order valence-electron chi connectivity index (χ3n) is 5.78. The summed E-state index contributed by atoms with van der Waals surface area (Å²) >= 11 is 0. The fourth-order valence-electron chi connectivity index (χ4n) is 4.05. The van der Waals surface area contributed by atoms with Crippen molar-refractivity contribution in [2.75, 3.05) is 13.1 Å². The van der Waals surface area contributed by atoms with Gasteiger partial charge in [0.25, 0.3) is 0 Å². The summed E-state index contributed by atoms with van der Waals surface area (Å²) in [4.78, 5) is 18.0. The molecule has 2 aromatic carbocycles. The summed E-state index contributed by atoms with van der Waals surface area (Å²) in [7, 11) is 0. The Hall–Kier alpha value is -2.81. The summed E-state index contributed by atoms with van der Waals surface area (Å²) in [5, 5.41) is 1.31. The molecule has 0 fully saturated rings. The second-order valence-corrected chi connectivity index (χ2v) is 7.59. The minimum Gasteiger partial charge on any atom is -0.361 e. The Morgan fingerprint density at radius 2 is 2.00 bits per heavy atom. The van der Waals surface area contributed by atoms with Gasteiger partial charge in [0.15, 0.2) is 0 Å². The predicted octanol–water partition coefficient (Wildman–Crippen LogP) is 5.37. The molecule has 1 aromatic heterocycles. The summed E-state index contributed by atoms with van der Waals surface area (Å²) in [6.07, 6.45) is 8.76. The molecule has 1 aliphatic heterocycles. The van der Waals surface area contributed by atoms with Gasteiger partial charge in [-0.1, -0.05) is 49.4 Å². The lowest BCUT2D eigenvalue weighted by molar-refractivity contribution is -0.130. The largest absolute Gasteiger partial charge is 0.361 e. The van der Waals surface area contributed by atoms with Crippen LogP contribution in [0.25, 0.3) is 16.5 Å². The molecular weight excluding hydrogens is 344 g/mol. The van der Waals surface area contributed by atoms with Crippen LogP contribution in [0.1, 0.15) is 42.9 Å². The van der Waals surface area contributed by atoms with Gasteiger partial charge in [0.05, 0.1) is 0 Å². The van der Waals surface area contributed by atoms with Crippen LogP contribution >= 0.6 is 0 Å². The van der Waals surface area contributed by atoms with Crippen LogP contribution in [-0.2, 0) is 17.6 Å². The monoisotopic (exact) mass is 372 g/mol. The number of carbonyl (C=O) groups is 1. The average Bonchev–Trinajstić information content (AvgIpc) is 3.16. The van der Waals surface area contributed by atoms with Crippen LogP contribution < -0.4 is 0 Å². The summed E-state index contributed by atoms with van der Waals surface area (Å²) in [6, 6.07) is 17.1. The molecule has 3 aromatic rings. The first-order valence-corrected chi connectivity index (χ1v) is 10.4. The van der Waals surface area contributed by atoms with E-state index >= 15 is 0 Å². The Morgan fingerprint density at radius 1 is 1.14 bits per heavy atom. The molecule has 2 heterocycles. The van der Waals surface area contributed by atoms with Gasteiger partial charge < -0.3 is 9.88 Å². The maximum Gasteiger partial charge on any atom is 0.222 e. The van der Waals surface area contributed by atoms with Crippen molar-refractivity contribution in [1.29, 1.82) is 0 Å². The van der Waals surface area contributed by atoms with E-state index in [9.17, 15) is 4.79 Å². The van der Waals surface area contributed by atoms with Gasteiger partial charge in [-0.2, -0.15) is 0 Å². The summed E-state index contributed by atoms with van der Waals surface area (Å²) in [5.41, 5.74) is 6.51. The van der Waals surface area contributed by atoms with E-state index in [1.807, 2.05) is 11.0 Å². The summed E-state index contributed by atoms with van der Waals surface area (Å²) in [5.74, 6) is 0.275. The molecule has 4 rings (SSSR count). The van der Waals surface area contributed by atoms with Gasteiger partial charge in [0.1, 0.15) is 0 Å². The Bertz CT molecular complexity index is 984. The quantitative estimate of drug-likeness (QED) is 0.620. The van der Waals surface area contributed by atoms with Crippen molar-refractivity contribution in [1.82, 2.24) is 9.88 Å². The highest BCUT2D eigenvalue weighted by molar-refractivity contribution is 5.84. The number of rotatable bonds is 6. The molecule has 0 aliphatic carbocycles. The number of aryl methyl sites for hydroxylation is 2. The van der Waals surface area contributed by atoms with Crippen LogP contribution in [-0.4, -0.2) is 28.9 Å². The Balaban J connectivity index is 1.31. The van der Waals surface area contributed by atoms with Crippen molar-refractivity contribution in [2.24, 2.45) is 0 Å².